The van der Waals surface area contributed by atoms with Gasteiger partial charge in [0.2, 0.25) is 11.8 Å². The molecule has 0 aromatic rings. The van der Waals surface area contributed by atoms with Gasteiger partial charge in [0.25, 0.3) is 0 Å². The average Bonchev–Trinajstić information content (AvgIpc) is 2.60. The van der Waals surface area contributed by atoms with Crippen LogP contribution in [0.5, 0.6) is 0 Å². The van der Waals surface area contributed by atoms with Crippen LogP contribution in [-0.4, -0.2) is 11.8 Å². The molecule has 3 heteroatoms. The maximum Gasteiger partial charge on any atom is 0.226 e. The smallest absolute Gasteiger partial charge is 0.226 e. The Labute approximate surface area is 162 Å². The van der Waals surface area contributed by atoms with Crippen LogP contribution in [0.3, 0.4) is 0 Å². The first-order valence-corrected chi connectivity index (χ1v) is 11.5. The number of carbonyl (C=O) groups is 2. The van der Waals surface area contributed by atoms with E-state index in [1.807, 2.05) is 0 Å². The second kappa shape index (κ2) is 16.3. The normalized spacial score (nSPS) is 15.4. The zero-order valence-corrected chi connectivity index (χ0v) is 17.3. The lowest BCUT2D eigenvalue weighted by atomic mass is 9.91. The molecule has 1 fully saturated rings. The number of carbonyl (C=O) groups excluding carboxylic acids is 2. The quantitative estimate of drug-likeness (QED) is 0.230. The van der Waals surface area contributed by atoms with Gasteiger partial charge in [-0.15, -0.1) is 0 Å². The molecule has 0 aromatic heterocycles. The zero-order valence-electron chi connectivity index (χ0n) is 17.3. The summed E-state index contributed by atoms with van der Waals surface area (Å²) in [5, 5.41) is 2.39. The number of nitrogens with one attached hydrogen (secondary N) is 1. The van der Waals surface area contributed by atoms with Crippen LogP contribution < -0.4 is 5.32 Å². The lowest BCUT2D eigenvalue weighted by molar-refractivity contribution is -0.134. The largest absolute Gasteiger partial charge is 0.296 e. The van der Waals surface area contributed by atoms with Crippen molar-refractivity contribution in [2.45, 2.75) is 129 Å². The fourth-order valence-corrected chi connectivity index (χ4v) is 4.04. The molecular formula is C23H43NO2. The van der Waals surface area contributed by atoms with Gasteiger partial charge in [0, 0.05) is 12.8 Å². The van der Waals surface area contributed by atoms with Crippen LogP contribution in [0.25, 0.3) is 0 Å². The Balaban J connectivity index is 1.74. The second-order valence-corrected chi connectivity index (χ2v) is 8.34. The van der Waals surface area contributed by atoms with Crippen molar-refractivity contribution in [1.29, 1.82) is 0 Å². The van der Waals surface area contributed by atoms with Gasteiger partial charge in [-0.05, 0) is 12.3 Å². The molecule has 1 rings (SSSR count). The van der Waals surface area contributed by atoms with E-state index in [9.17, 15) is 9.59 Å². The number of rotatable bonds is 17. The van der Waals surface area contributed by atoms with E-state index < -0.39 is 0 Å². The molecule has 0 bridgehead atoms. The Morgan fingerprint density at radius 2 is 0.962 bits per heavy atom. The van der Waals surface area contributed by atoms with Crippen molar-refractivity contribution in [3.05, 3.63) is 0 Å². The Morgan fingerprint density at radius 3 is 1.35 bits per heavy atom. The fraction of sp³-hybridized carbons (Fsp3) is 0.913. The fourth-order valence-electron chi connectivity index (χ4n) is 4.04. The van der Waals surface area contributed by atoms with Crippen molar-refractivity contribution in [1.82, 2.24) is 5.32 Å². The summed E-state index contributed by atoms with van der Waals surface area (Å²) in [6.07, 6.45) is 24.2. The van der Waals surface area contributed by atoms with E-state index in [2.05, 4.69) is 12.2 Å². The van der Waals surface area contributed by atoms with Gasteiger partial charge in [-0.25, -0.2) is 0 Å². The predicted octanol–water partition coefficient (Wildman–Crippen LogP) is 6.69. The summed E-state index contributed by atoms with van der Waals surface area (Å²) in [6.45, 7) is 2.28. The highest BCUT2D eigenvalue weighted by atomic mass is 16.2. The van der Waals surface area contributed by atoms with Crippen molar-refractivity contribution >= 4 is 11.8 Å². The molecule has 0 saturated carbocycles. The number of amides is 2. The summed E-state index contributed by atoms with van der Waals surface area (Å²) in [5.74, 6) is 0.133. The van der Waals surface area contributed by atoms with E-state index in [0.717, 1.165) is 6.42 Å². The van der Waals surface area contributed by atoms with Crippen LogP contribution in [-0.2, 0) is 9.59 Å². The Morgan fingerprint density at radius 1 is 0.615 bits per heavy atom. The molecule has 0 unspecified atom stereocenters. The van der Waals surface area contributed by atoms with Crippen LogP contribution >= 0.6 is 0 Å². The highest BCUT2D eigenvalue weighted by Crippen LogP contribution is 2.21. The molecule has 0 aliphatic carbocycles. The molecule has 1 aliphatic heterocycles. The maximum absolute atomic E-state index is 11.3. The molecule has 1 saturated heterocycles. The molecule has 1 N–H and O–H groups in total. The standard InChI is InChI=1S/C23H43NO2/c1-2-3-4-5-6-7-8-9-10-11-12-13-14-15-16-17-18-21-19-22(25)24-23(26)20-21/h21H,2-20H2,1H3,(H,24,25,26). The van der Waals surface area contributed by atoms with Gasteiger partial charge in [0.1, 0.15) is 0 Å². The predicted molar refractivity (Wildman–Crippen MR) is 110 cm³/mol. The Bertz CT molecular complexity index is 351. The average molecular weight is 366 g/mol. The first kappa shape index (κ1) is 23.2. The van der Waals surface area contributed by atoms with Crippen LogP contribution in [0.15, 0.2) is 0 Å². The molecule has 0 aromatic carbocycles. The van der Waals surface area contributed by atoms with Crippen LogP contribution in [0.1, 0.15) is 129 Å². The van der Waals surface area contributed by atoms with E-state index in [0.29, 0.717) is 18.8 Å². The van der Waals surface area contributed by atoms with Gasteiger partial charge in [-0.2, -0.15) is 0 Å². The van der Waals surface area contributed by atoms with Crippen LogP contribution in [0.4, 0.5) is 0 Å². The Hall–Kier alpha value is -0.860. The summed E-state index contributed by atoms with van der Waals surface area (Å²) < 4.78 is 0. The summed E-state index contributed by atoms with van der Waals surface area (Å²) in [7, 11) is 0. The van der Waals surface area contributed by atoms with Gasteiger partial charge >= 0.3 is 0 Å². The summed E-state index contributed by atoms with van der Waals surface area (Å²) in [4.78, 5) is 22.6. The minimum Gasteiger partial charge on any atom is -0.296 e. The molecule has 0 atom stereocenters. The molecule has 2 amide bonds. The second-order valence-electron chi connectivity index (χ2n) is 8.34. The molecule has 1 heterocycles. The number of hydrogen-bond donors (Lipinski definition) is 1. The molecular weight excluding hydrogens is 322 g/mol. The highest BCUT2D eigenvalue weighted by Gasteiger charge is 2.23. The minimum absolute atomic E-state index is 0.0808. The Kier molecular flexibility index (Phi) is 14.6. The van der Waals surface area contributed by atoms with Crippen LogP contribution in [0, 0.1) is 5.92 Å². The lowest BCUT2D eigenvalue weighted by Gasteiger charge is -2.20. The maximum atomic E-state index is 11.3. The van der Waals surface area contributed by atoms with Crippen molar-refractivity contribution < 1.29 is 9.59 Å². The molecule has 1 aliphatic rings. The zero-order chi connectivity index (χ0) is 18.9. The van der Waals surface area contributed by atoms with E-state index in [1.165, 1.54) is 103 Å². The minimum atomic E-state index is -0.0808. The summed E-state index contributed by atoms with van der Waals surface area (Å²) >= 11 is 0. The summed E-state index contributed by atoms with van der Waals surface area (Å²) in [6, 6.07) is 0. The molecule has 3 nitrogen and oxygen atoms in total. The van der Waals surface area contributed by atoms with E-state index in [-0.39, 0.29) is 11.8 Å². The van der Waals surface area contributed by atoms with Crippen molar-refractivity contribution in [3.8, 4) is 0 Å². The first-order chi connectivity index (χ1) is 12.7. The van der Waals surface area contributed by atoms with E-state index in [1.54, 1.807) is 0 Å². The number of hydrogen-bond acceptors (Lipinski definition) is 2. The van der Waals surface area contributed by atoms with Gasteiger partial charge in [0.05, 0.1) is 0 Å². The van der Waals surface area contributed by atoms with Gasteiger partial charge in [0.15, 0.2) is 0 Å². The third kappa shape index (κ3) is 13.4. The highest BCUT2D eigenvalue weighted by molar-refractivity contribution is 5.97. The first-order valence-electron chi connectivity index (χ1n) is 11.5. The van der Waals surface area contributed by atoms with Crippen molar-refractivity contribution in [2.24, 2.45) is 5.92 Å². The van der Waals surface area contributed by atoms with Gasteiger partial charge in [-0.3, -0.25) is 14.9 Å². The number of imide groups is 1. The summed E-state index contributed by atoms with van der Waals surface area (Å²) in [5.41, 5.74) is 0. The van der Waals surface area contributed by atoms with E-state index in [4.69, 9.17) is 0 Å². The van der Waals surface area contributed by atoms with E-state index >= 15 is 0 Å². The van der Waals surface area contributed by atoms with Crippen molar-refractivity contribution in [2.75, 3.05) is 0 Å². The number of unbranched alkanes of at least 4 members (excludes halogenated alkanes) is 15. The SMILES string of the molecule is CCCCCCCCCCCCCCCCCCC1CC(=O)NC(=O)C1. The molecule has 0 radical (unpaired) electrons. The number of piperidine rings is 1. The van der Waals surface area contributed by atoms with Gasteiger partial charge in [-0.1, -0.05) is 110 Å². The molecule has 26 heavy (non-hydrogen) atoms. The lowest BCUT2D eigenvalue weighted by Crippen LogP contribution is -2.38. The van der Waals surface area contributed by atoms with Gasteiger partial charge < -0.3 is 0 Å². The molecule has 0 spiro atoms. The third-order valence-electron chi connectivity index (χ3n) is 5.69. The third-order valence-corrected chi connectivity index (χ3v) is 5.69. The molecule has 152 valence electrons. The van der Waals surface area contributed by atoms with Crippen molar-refractivity contribution in [3.63, 3.8) is 0 Å². The topological polar surface area (TPSA) is 46.2 Å². The monoisotopic (exact) mass is 365 g/mol. The van der Waals surface area contributed by atoms with Crippen LogP contribution in [0.2, 0.25) is 0 Å².